The van der Waals surface area contributed by atoms with Gasteiger partial charge in [0.1, 0.15) is 5.82 Å². The van der Waals surface area contributed by atoms with Crippen molar-refractivity contribution in [2.75, 3.05) is 11.4 Å². The Labute approximate surface area is 97.1 Å². The molecule has 1 saturated carbocycles. The van der Waals surface area contributed by atoms with Crippen molar-refractivity contribution in [3.63, 3.8) is 0 Å². The molecule has 0 radical (unpaired) electrons. The highest BCUT2D eigenvalue weighted by Crippen LogP contribution is 2.27. The molecule has 1 fully saturated rings. The number of hydrogen-bond acceptors (Lipinski definition) is 3. The van der Waals surface area contributed by atoms with E-state index in [0.717, 1.165) is 17.9 Å². The van der Waals surface area contributed by atoms with Crippen LogP contribution in [0, 0.1) is 0 Å². The molecule has 1 aliphatic rings. The summed E-state index contributed by atoms with van der Waals surface area (Å²) in [6.07, 6.45) is 7.01. The molecule has 0 aliphatic heterocycles. The molecule has 88 valence electrons. The standard InChI is InChI=1S/C13H20N2O/c1-2-15(12-5-3-4-6-12)13-9-11(10-16)7-8-14-13/h7-9,12,16H,2-6,10H2,1H3. The smallest absolute Gasteiger partial charge is 0.129 e. The van der Waals surface area contributed by atoms with E-state index in [-0.39, 0.29) is 6.61 Å². The van der Waals surface area contributed by atoms with Crippen LogP contribution in [0.1, 0.15) is 38.2 Å². The van der Waals surface area contributed by atoms with Crippen molar-refractivity contribution in [3.05, 3.63) is 23.9 Å². The van der Waals surface area contributed by atoms with Gasteiger partial charge in [0.25, 0.3) is 0 Å². The van der Waals surface area contributed by atoms with Gasteiger partial charge in [0, 0.05) is 18.8 Å². The van der Waals surface area contributed by atoms with Crippen molar-refractivity contribution in [3.8, 4) is 0 Å². The van der Waals surface area contributed by atoms with Gasteiger partial charge >= 0.3 is 0 Å². The minimum Gasteiger partial charge on any atom is -0.392 e. The first-order valence-electron chi connectivity index (χ1n) is 6.17. The number of aromatic nitrogens is 1. The zero-order chi connectivity index (χ0) is 11.4. The fraction of sp³-hybridized carbons (Fsp3) is 0.615. The summed E-state index contributed by atoms with van der Waals surface area (Å²) in [4.78, 5) is 6.79. The lowest BCUT2D eigenvalue weighted by Gasteiger charge is -2.29. The van der Waals surface area contributed by atoms with Gasteiger partial charge in [0.2, 0.25) is 0 Å². The Morgan fingerprint density at radius 1 is 1.44 bits per heavy atom. The predicted molar refractivity (Wildman–Crippen MR) is 65.4 cm³/mol. The summed E-state index contributed by atoms with van der Waals surface area (Å²) in [5, 5.41) is 9.14. The van der Waals surface area contributed by atoms with E-state index in [0.29, 0.717) is 6.04 Å². The van der Waals surface area contributed by atoms with E-state index in [1.54, 1.807) is 6.20 Å². The molecule has 3 nitrogen and oxygen atoms in total. The van der Waals surface area contributed by atoms with E-state index in [2.05, 4.69) is 16.8 Å². The number of hydrogen-bond donors (Lipinski definition) is 1. The van der Waals surface area contributed by atoms with Crippen molar-refractivity contribution in [1.82, 2.24) is 4.98 Å². The maximum Gasteiger partial charge on any atom is 0.129 e. The fourth-order valence-electron chi connectivity index (χ4n) is 2.54. The zero-order valence-electron chi connectivity index (χ0n) is 9.89. The van der Waals surface area contributed by atoms with Crippen LogP contribution in [0.3, 0.4) is 0 Å². The molecule has 16 heavy (non-hydrogen) atoms. The number of nitrogens with zero attached hydrogens (tertiary/aromatic N) is 2. The number of pyridine rings is 1. The van der Waals surface area contributed by atoms with Gasteiger partial charge < -0.3 is 10.0 Å². The van der Waals surface area contributed by atoms with E-state index < -0.39 is 0 Å². The van der Waals surface area contributed by atoms with Crippen LogP contribution in [0.25, 0.3) is 0 Å². The van der Waals surface area contributed by atoms with E-state index >= 15 is 0 Å². The van der Waals surface area contributed by atoms with Crippen LogP contribution >= 0.6 is 0 Å². The summed E-state index contributed by atoms with van der Waals surface area (Å²) in [6.45, 7) is 3.26. The average Bonchev–Trinajstić information content (AvgIpc) is 2.84. The van der Waals surface area contributed by atoms with Crippen LogP contribution in [0.2, 0.25) is 0 Å². The molecule has 2 rings (SSSR count). The highest BCUT2D eigenvalue weighted by molar-refractivity contribution is 5.42. The van der Waals surface area contributed by atoms with Gasteiger partial charge in [-0.3, -0.25) is 0 Å². The maximum atomic E-state index is 9.14. The Hall–Kier alpha value is -1.09. The molecule has 0 bridgehead atoms. The summed E-state index contributed by atoms with van der Waals surface area (Å²) < 4.78 is 0. The third kappa shape index (κ3) is 2.35. The van der Waals surface area contributed by atoms with Crippen molar-refractivity contribution in [2.24, 2.45) is 0 Å². The summed E-state index contributed by atoms with van der Waals surface area (Å²) >= 11 is 0. The molecule has 1 aliphatic carbocycles. The van der Waals surface area contributed by atoms with Crippen molar-refractivity contribution in [1.29, 1.82) is 0 Å². The molecule has 0 unspecified atom stereocenters. The minimum atomic E-state index is 0.0950. The third-order valence-electron chi connectivity index (χ3n) is 3.39. The number of aliphatic hydroxyl groups excluding tert-OH is 1. The van der Waals surface area contributed by atoms with E-state index in [1.807, 2.05) is 12.1 Å². The summed E-state index contributed by atoms with van der Waals surface area (Å²) in [5.41, 5.74) is 0.946. The first kappa shape index (κ1) is 11.4. The normalized spacial score (nSPS) is 16.6. The van der Waals surface area contributed by atoms with Crippen LogP contribution < -0.4 is 4.90 Å². The first-order valence-corrected chi connectivity index (χ1v) is 6.17. The lowest BCUT2D eigenvalue weighted by atomic mass is 10.2. The van der Waals surface area contributed by atoms with Gasteiger partial charge in [-0.25, -0.2) is 4.98 Å². The van der Waals surface area contributed by atoms with E-state index in [4.69, 9.17) is 5.11 Å². The van der Waals surface area contributed by atoms with Gasteiger partial charge in [-0.05, 0) is 37.5 Å². The lowest BCUT2D eigenvalue weighted by Crippen LogP contribution is -2.33. The van der Waals surface area contributed by atoms with Gasteiger partial charge in [-0.1, -0.05) is 12.8 Å². The monoisotopic (exact) mass is 220 g/mol. The minimum absolute atomic E-state index is 0.0950. The largest absolute Gasteiger partial charge is 0.392 e. The third-order valence-corrected chi connectivity index (χ3v) is 3.39. The molecule has 0 amide bonds. The van der Waals surface area contributed by atoms with Gasteiger partial charge in [-0.2, -0.15) is 0 Å². The Morgan fingerprint density at radius 3 is 2.81 bits per heavy atom. The van der Waals surface area contributed by atoms with Gasteiger partial charge in [-0.15, -0.1) is 0 Å². The quantitative estimate of drug-likeness (QED) is 0.846. The number of rotatable bonds is 4. The molecule has 1 N–H and O–H groups in total. The Balaban J connectivity index is 2.18. The molecule has 0 spiro atoms. The highest BCUT2D eigenvalue weighted by atomic mass is 16.3. The number of anilines is 1. The molecule has 0 saturated heterocycles. The Morgan fingerprint density at radius 2 is 2.19 bits per heavy atom. The molecular weight excluding hydrogens is 200 g/mol. The lowest BCUT2D eigenvalue weighted by molar-refractivity contribution is 0.281. The zero-order valence-corrected chi connectivity index (χ0v) is 9.89. The van der Waals surface area contributed by atoms with Crippen molar-refractivity contribution >= 4 is 5.82 Å². The Bertz CT molecular complexity index is 334. The van der Waals surface area contributed by atoms with Crippen molar-refractivity contribution < 1.29 is 5.11 Å². The van der Waals surface area contributed by atoms with E-state index in [1.165, 1.54) is 25.7 Å². The van der Waals surface area contributed by atoms with Crippen LogP contribution in [-0.4, -0.2) is 22.7 Å². The van der Waals surface area contributed by atoms with Crippen molar-refractivity contribution in [2.45, 2.75) is 45.3 Å². The van der Waals surface area contributed by atoms with E-state index in [9.17, 15) is 0 Å². The molecular formula is C13H20N2O. The Kier molecular flexibility index (Phi) is 3.78. The van der Waals surface area contributed by atoms with Crippen LogP contribution in [-0.2, 0) is 6.61 Å². The summed E-state index contributed by atoms with van der Waals surface area (Å²) in [6, 6.07) is 4.51. The second kappa shape index (κ2) is 5.30. The van der Waals surface area contributed by atoms with Crippen LogP contribution in [0.4, 0.5) is 5.82 Å². The predicted octanol–water partition coefficient (Wildman–Crippen LogP) is 2.34. The highest BCUT2D eigenvalue weighted by Gasteiger charge is 2.22. The molecule has 0 aromatic carbocycles. The first-order chi connectivity index (χ1) is 7.85. The second-order valence-corrected chi connectivity index (χ2v) is 4.40. The second-order valence-electron chi connectivity index (χ2n) is 4.40. The maximum absolute atomic E-state index is 9.14. The summed E-state index contributed by atoms with van der Waals surface area (Å²) in [7, 11) is 0. The molecule has 3 heteroatoms. The summed E-state index contributed by atoms with van der Waals surface area (Å²) in [5.74, 6) is 1.01. The van der Waals surface area contributed by atoms with Crippen LogP contribution in [0.5, 0.6) is 0 Å². The molecule has 0 atom stereocenters. The fourth-order valence-corrected chi connectivity index (χ4v) is 2.54. The number of aliphatic hydroxyl groups is 1. The average molecular weight is 220 g/mol. The molecule has 1 aromatic heterocycles. The molecule has 1 aromatic rings. The van der Waals surface area contributed by atoms with Gasteiger partial charge in [0.15, 0.2) is 0 Å². The van der Waals surface area contributed by atoms with Gasteiger partial charge in [0.05, 0.1) is 6.61 Å². The van der Waals surface area contributed by atoms with Crippen LogP contribution in [0.15, 0.2) is 18.3 Å². The topological polar surface area (TPSA) is 36.4 Å². The SMILES string of the molecule is CCN(c1cc(CO)ccn1)C1CCCC1. The molecule has 1 heterocycles.